The standard InChI is InChI=1S/C5H7NO.C5H7N.C4H6N2/c1-6-4-2-3-5(6)7;1-6-4-2-3-5-6;1-6-3-2-5-4-6/h2-4,7H,1H3;2-5H,1H3;2-4H,1H3. The Morgan fingerprint density at radius 3 is 1.74 bits per heavy atom. The first-order chi connectivity index (χ1) is 9.09. The molecule has 0 bridgehead atoms. The van der Waals surface area contributed by atoms with Crippen molar-refractivity contribution in [2.75, 3.05) is 0 Å². The van der Waals surface area contributed by atoms with Gasteiger partial charge in [0.25, 0.3) is 0 Å². The minimum absolute atomic E-state index is 0.306. The van der Waals surface area contributed by atoms with Gasteiger partial charge in [-0.3, -0.25) is 0 Å². The molecule has 5 heteroatoms. The first-order valence-corrected chi connectivity index (χ1v) is 5.88. The third kappa shape index (κ3) is 6.16. The average molecular weight is 260 g/mol. The van der Waals surface area contributed by atoms with Crippen molar-refractivity contribution in [3.63, 3.8) is 0 Å². The van der Waals surface area contributed by atoms with Crippen LogP contribution < -0.4 is 0 Å². The Labute approximate surface area is 113 Å². The fourth-order valence-electron chi connectivity index (χ4n) is 1.20. The molecule has 3 heterocycles. The summed E-state index contributed by atoms with van der Waals surface area (Å²) in [6.07, 6.45) is 11.2. The Kier molecular flexibility index (Phi) is 6.02. The molecule has 5 nitrogen and oxygen atoms in total. The summed E-state index contributed by atoms with van der Waals surface area (Å²) in [4.78, 5) is 3.78. The maximum atomic E-state index is 8.72. The van der Waals surface area contributed by atoms with Gasteiger partial charge in [0.05, 0.1) is 6.33 Å². The van der Waals surface area contributed by atoms with Gasteiger partial charge in [-0.25, -0.2) is 4.98 Å². The molecule has 0 saturated heterocycles. The summed E-state index contributed by atoms with van der Waals surface area (Å²) >= 11 is 0. The van der Waals surface area contributed by atoms with Crippen LogP contribution >= 0.6 is 0 Å². The van der Waals surface area contributed by atoms with Gasteiger partial charge in [-0.1, -0.05) is 0 Å². The van der Waals surface area contributed by atoms with Crippen molar-refractivity contribution < 1.29 is 5.11 Å². The van der Waals surface area contributed by atoms with Crippen molar-refractivity contribution in [3.05, 3.63) is 61.6 Å². The molecular formula is C14H20N4O. The first-order valence-electron chi connectivity index (χ1n) is 5.88. The zero-order chi connectivity index (χ0) is 14.1. The molecule has 0 aliphatic carbocycles. The van der Waals surface area contributed by atoms with Crippen molar-refractivity contribution in [1.29, 1.82) is 0 Å². The lowest BCUT2D eigenvalue weighted by molar-refractivity contribution is 0.432. The molecule has 3 aromatic heterocycles. The normalized spacial score (nSPS) is 9.00. The maximum absolute atomic E-state index is 8.72. The number of nitrogens with zero attached hydrogens (tertiary/aromatic N) is 4. The minimum Gasteiger partial charge on any atom is -0.494 e. The number of hydrogen-bond acceptors (Lipinski definition) is 2. The molecule has 0 saturated carbocycles. The molecule has 0 aromatic carbocycles. The zero-order valence-corrected chi connectivity index (χ0v) is 11.5. The van der Waals surface area contributed by atoms with Gasteiger partial charge in [-0.05, 0) is 24.3 Å². The van der Waals surface area contributed by atoms with Gasteiger partial charge in [0.2, 0.25) is 0 Å². The van der Waals surface area contributed by atoms with Crippen LogP contribution in [-0.4, -0.2) is 23.8 Å². The van der Waals surface area contributed by atoms with E-state index in [-0.39, 0.29) is 0 Å². The van der Waals surface area contributed by atoms with Crippen LogP contribution in [0.5, 0.6) is 5.88 Å². The second-order valence-electron chi connectivity index (χ2n) is 4.05. The van der Waals surface area contributed by atoms with E-state index in [9.17, 15) is 0 Å². The van der Waals surface area contributed by atoms with Crippen LogP contribution in [0.15, 0.2) is 61.6 Å². The molecular weight excluding hydrogens is 240 g/mol. The summed E-state index contributed by atoms with van der Waals surface area (Å²) in [5, 5.41) is 8.72. The van der Waals surface area contributed by atoms with E-state index in [1.807, 2.05) is 54.0 Å². The molecule has 0 aliphatic rings. The van der Waals surface area contributed by atoms with Gasteiger partial charge in [-0.15, -0.1) is 0 Å². The largest absolute Gasteiger partial charge is 0.494 e. The lowest BCUT2D eigenvalue weighted by atomic mass is 10.7. The molecule has 0 spiro atoms. The lowest BCUT2D eigenvalue weighted by Crippen LogP contribution is -1.79. The third-order valence-corrected chi connectivity index (χ3v) is 2.31. The number of imidazole rings is 1. The highest BCUT2D eigenvalue weighted by Crippen LogP contribution is 2.04. The summed E-state index contributed by atoms with van der Waals surface area (Å²) in [5.41, 5.74) is 0. The Bertz CT molecular complexity index is 489. The van der Waals surface area contributed by atoms with Gasteiger partial charge in [0.15, 0.2) is 5.88 Å². The fraction of sp³-hybridized carbons (Fsp3) is 0.214. The van der Waals surface area contributed by atoms with E-state index in [2.05, 4.69) is 4.98 Å². The Morgan fingerprint density at radius 2 is 1.58 bits per heavy atom. The number of hydrogen-bond donors (Lipinski definition) is 1. The summed E-state index contributed by atoms with van der Waals surface area (Å²) in [6.45, 7) is 0. The third-order valence-electron chi connectivity index (χ3n) is 2.31. The fourth-order valence-corrected chi connectivity index (χ4v) is 1.20. The lowest BCUT2D eigenvalue weighted by Gasteiger charge is -1.88. The van der Waals surface area contributed by atoms with Crippen LogP contribution in [0.3, 0.4) is 0 Å². The van der Waals surface area contributed by atoms with Crippen LogP contribution in [0, 0.1) is 0 Å². The topological polar surface area (TPSA) is 47.9 Å². The van der Waals surface area contributed by atoms with Gasteiger partial charge < -0.3 is 18.8 Å². The monoisotopic (exact) mass is 260 g/mol. The zero-order valence-electron chi connectivity index (χ0n) is 11.5. The number of rotatable bonds is 0. The molecule has 0 atom stereocenters. The minimum atomic E-state index is 0.306. The van der Waals surface area contributed by atoms with Gasteiger partial charge >= 0.3 is 0 Å². The van der Waals surface area contributed by atoms with Gasteiger partial charge in [0, 0.05) is 52.1 Å². The van der Waals surface area contributed by atoms with Crippen molar-refractivity contribution in [2.24, 2.45) is 21.1 Å². The van der Waals surface area contributed by atoms with E-state index in [0.717, 1.165) is 0 Å². The van der Waals surface area contributed by atoms with E-state index in [4.69, 9.17) is 5.11 Å². The summed E-state index contributed by atoms with van der Waals surface area (Å²) in [5.74, 6) is 0.306. The number of aromatic hydroxyl groups is 1. The first kappa shape index (κ1) is 14.6. The van der Waals surface area contributed by atoms with E-state index in [1.165, 1.54) is 0 Å². The highest BCUT2D eigenvalue weighted by molar-refractivity contribution is 5.09. The quantitative estimate of drug-likeness (QED) is 0.673. The predicted molar refractivity (Wildman–Crippen MR) is 75.7 cm³/mol. The van der Waals surface area contributed by atoms with Gasteiger partial charge in [0.1, 0.15) is 0 Å². The summed E-state index contributed by atoms with van der Waals surface area (Å²) in [7, 11) is 5.72. The predicted octanol–water partition coefficient (Wildman–Crippen LogP) is 2.18. The maximum Gasteiger partial charge on any atom is 0.190 e. The molecule has 19 heavy (non-hydrogen) atoms. The molecule has 1 N–H and O–H groups in total. The van der Waals surface area contributed by atoms with Crippen molar-refractivity contribution in [3.8, 4) is 5.88 Å². The van der Waals surface area contributed by atoms with Crippen molar-refractivity contribution in [1.82, 2.24) is 18.7 Å². The van der Waals surface area contributed by atoms with Crippen LogP contribution in [0.1, 0.15) is 0 Å². The highest BCUT2D eigenvalue weighted by atomic mass is 16.3. The van der Waals surface area contributed by atoms with Crippen LogP contribution in [-0.2, 0) is 21.1 Å². The summed E-state index contributed by atoms with van der Waals surface area (Å²) in [6, 6.07) is 7.43. The van der Waals surface area contributed by atoms with E-state index in [1.54, 1.807) is 42.5 Å². The Morgan fingerprint density at radius 1 is 0.895 bits per heavy atom. The molecule has 0 amide bonds. The SMILES string of the molecule is Cn1cccc1.Cn1cccc1O.Cn1ccnc1. The Hall–Kier alpha value is -2.43. The van der Waals surface area contributed by atoms with Crippen LogP contribution in [0.25, 0.3) is 0 Å². The van der Waals surface area contributed by atoms with E-state index in [0.29, 0.717) is 5.88 Å². The second-order valence-corrected chi connectivity index (χ2v) is 4.05. The molecule has 3 rings (SSSR count). The number of aryl methyl sites for hydroxylation is 3. The molecule has 0 fully saturated rings. The molecule has 0 radical (unpaired) electrons. The summed E-state index contributed by atoms with van der Waals surface area (Å²) < 4.78 is 5.53. The van der Waals surface area contributed by atoms with Crippen molar-refractivity contribution in [2.45, 2.75) is 0 Å². The molecule has 0 unspecified atom stereocenters. The molecule has 102 valence electrons. The van der Waals surface area contributed by atoms with Gasteiger partial charge in [-0.2, -0.15) is 0 Å². The van der Waals surface area contributed by atoms with E-state index < -0.39 is 0 Å². The van der Waals surface area contributed by atoms with E-state index >= 15 is 0 Å². The average Bonchev–Trinajstić information content (AvgIpc) is 3.09. The van der Waals surface area contributed by atoms with Crippen LogP contribution in [0.2, 0.25) is 0 Å². The number of aromatic nitrogens is 4. The van der Waals surface area contributed by atoms with Crippen LogP contribution in [0.4, 0.5) is 0 Å². The smallest absolute Gasteiger partial charge is 0.190 e. The molecule has 3 aromatic rings. The van der Waals surface area contributed by atoms with Crippen molar-refractivity contribution >= 4 is 0 Å². The highest BCUT2D eigenvalue weighted by Gasteiger charge is 1.85. The second kappa shape index (κ2) is 7.81. The molecule has 0 aliphatic heterocycles. The Balaban J connectivity index is 0.000000143.